The lowest BCUT2D eigenvalue weighted by atomic mass is 9.98. The first-order chi connectivity index (χ1) is 14.8. The molecular weight excluding hydrogens is 392 g/mol. The number of piperidine rings is 1. The summed E-state index contributed by atoms with van der Waals surface area (Å²) < 4.78 is 11.1. The Morgan fingerprint density at radius 1 is 1.03 bits per heavy atom. The number of amides is 2. The van der Waals surface area contributed by atoms with Gasteiger partial charge in [0.1, 0.15) is 12.2 Å². The summed E-state index contributed by atoms with van der Waals surface area (Å²) in [4.78, 5) is 26.5. The van der Waals surface area contributed by atoms with Crippen molar-refractivity contribution < 1.29 is 19.1 Å². The number of ether oxygens (including phenoxy) is 2. The van der Waals surface area contributed by atoms with Gasteiger partial charge in [-0.25, -0.2) is 9.59 Å². The molecule has 1 atom stereocenters. The van der Waals surface area contributed by atoms with Gasteiger partial charge >= 0.3 is 12.2 Å². The molecule has 0 aromatic heterocycles. The van der Waals surface area contributed by atoms with Crippen LogP contribution in [-0.2, 0) is 9.47 Å². The number of benzene rings is 2. The molecule has 1 N–H and O–H groups in total. The molecule has 0 spiro atoms. The minimum atomic E-state index is -0.550. The van der Waals surface area contributed by atoms with Gasteiger partial charge in [-0.2, -0.15) is 0 Å². The molecule has 0 radical (unpaired) electrons. The molecule has 1 aliphatic heterocycles. The standard InChI is InChI=1S/C25H30N2O4/c1-25(2,3)31-23(28)26-17-9-8-14-27(15-17)24(29)30-16-22-20-12-6-4-10-18(20)19-11-5-7-13-21(19)22/h4-7,10-13,17,22H,8-9,14-16H2,1-3H3,(H,26,28)/t17-/m0/s1. The van der Waals surface area contributed by atoms with Crippen molar-refractivity contribution in [3.63, 3.8) is 0 Å². The van der Waals surface area contributed by atoms with Gasteiger partial charge in [-0.05, 0) is 55.9 Å². The van der Waals surface area contributed by atoms with Crippen LogP contribution in [0, 0.1) is 0 Å². The molecular formula is C25H30N2O4. The summed E-state index contributed by atoms with van der Waals surface area (Å²) >= 11 is 0. The number of nitrogens with one attached hydrogen (secondary N) is 1. The molecule has 0 bridgehead atoms. The molecule has 164 valence electrons. The van der Waals surface area contributed by atoms with Crippen LogP contribution in [0.3, 0.4) is 0 Å². The van der Waals surface area contributed by atoms with Crippen LogP contribution in [0.4, 0.5) is 9.59 Å². The maximum Gasteiger partial charge on any atom is 0.409 e. The van der Waals surface area contributed by atoms with E-state index in [1.54, 1.807) is 4.90 Å². The van der Waals surface area contributed by atoms with Crippen LogP contribution in [0.25, 0.3) is 11.1 Å². The number of likely N-dealkylation sites (tertiary alicyclic amines) is 1. The van der Waals surface area contributed by atoms with Crippen LogP contribution in [-0.4, -0.2) is 48.4 Å². The fourth-order valence-electron chi connectivity index (χ4n) is 4.42. The van der Waals surface area contributed by atoms with Crippen molar-refractivity contribution in [2.24, 2.45) is 0 Å². The highest BCUT2D eigenvalue weighted by molar-refractivity contribution is 5.79. The van der Waals surface area contributed by atoms with E-state index in [-0.39, 0.29) is 18.1 Å². The average molecular weight is 423 g/mol. The summed E-state index contributed by atoms with van der Waals surface area (Å²) in [5, 5.41) is 2.87. The summed E-state index contributed by atoms with van der Waals surface area (Å²) in [6.07, 6.45) is 0.835. The third kappa shape index (κ3) is 4.84. The molecule has 1 saturated heterocycles. The zero-order chi connectivity index (χ0) is 22.0. The number of hydrogen-bond donors (Lipinski definition) is 1. The zero-order valence-corrected chi connectivity index (χ0v) is 18.4. The number of hydrogen-bond acceptors (Lipinski definition) is 4. The molecule has 0 saturated carbocycles. The van der Waals surface area contributed by atoms with Crippen LogP contribution in [0.1, 0.15) is 50.7 Å². The van der Waals surface area contributed by atoms with Crippen molar-refractivity contribution in [2.75, 3.05) is 19.7 Å². The summed E-state index contributed by atoms with van der Waals surface area (Å²) in [6, 6.07) is 16.4. The number of alkyl carbamates (subject to hydrolysis) is 1. The first kappa shape index (κ1) is 21.2. The molecule has 1 aliphatic carbocycles. The SMILES string of the molecule is CC(C)(C)OC(=O)N[C@H]1CCCN(C(=O)OCC2c3ccccc3-c3ccccc32)C1. The lowest BCUT2D eigenvalue weighted by molar-refractivity contribution is 0.0453. The van der Waals surface area contributed by atoms with E-state index < -0.39 is 11.7 Å². The first-order valence-corrected chi connectivity index (χ1v) is 10.9. The van der Waals surface area contributed by atoms with E-state index in [0.717, 1.165) is 12.8 Å². The Kier molecular flexibility index (Phi) is 5.90. The highest BCUT2D eigenvalue weighted by atomic mass is 16.6. The predicted molar refractivity (Wildman–Crippen MR) is 119 cm³/mol. The second-order valence-electron chi connectivity index (χ2n) is 9.24. The van der Waals surface area contributed by atoms with E-state index in [4.69, 9.17) is 9.47 Å². The van der Waals surface area contributed by atoms with Gasteiger partial charge in [-0.15, -0.1) is 0 Å². The van der Waals surface area contributed by atoms with Crippen molar-refractivity contribution in [1.82, 2.24) is 10.2 Å². The highest BCUT2D eigenvalue weighted by Gasteiger charge is 2.31. The van der Waals surface area contributed by atoms with E-state index >= 15 is 0 Å². The number of fused-ring (bicyclic) bond motifs is 3. The lowest BCUT2D eigenvalue weighted by Crippen LogP contribution is -2.50. The van der Waals surface area contributed by atoms with Crippen molar-refractivity contribution in [3.05, 3.63) is 59.7 Å². The minimum Gasteiger partial charge on any atom is -0.448 e. The van der Waals surface area contributed by atoms with Gasteiger partial charge in [-0.3, -0.25) is 0 Å². The van der Waals surface area contributed by atoms with Crippen LogP contribution < -0.4 is 5.32 Å². The molecule has 2 aromatic carbocycles. The van der Waals surface area contributed by atoms with E-state index in [9.17, 15) is 9.59 Å². The van der Waals surface area contributed by atoms with Crippen molar-refractivity contribution in [3.8, 4) is 11.1 Å². The number of nitrogens with zero attached hydrogens (tertiary/aromatic N) is 1. The smallest absolute Gasteiger partial charge is 0.409 e. The molecule has 2 aliphatic rings. The lowest BCUT2D eigenvalue weighted by Gasteiger charge is -2.33. The van der Waals surface area contributed by atoms with Gasteiger partial charge in [0.15, 0.2) is 0 Å². The Hall–Kier alpha value is -3.02. The Balaban J connectivity index is 1.36. The third-order valence-electron chi connectivity index (χ3n) is 5.74. The Labute approximate surface area is 183 Å². The molecule has 31 heavy (non-hydrogen) atoms. The molecule has 2 amide bonds. The van der Waals surface area contributed by atoms with Gasteiger partial charge in [0.2, 0.25) is 0 Å². The summed E-state index contributed by atoms with van der Waals surface area (Å²) in [5.41, 5.74) is 4.25. The summed E-state index contributed by atoms with van der Waals surface area (Å²) in [6.45, 7) is 6.84. The van der Waals surface area contributed by atoms with Crippen LogP contribution in [0.2, 0.25) is 0 Å². The number of rotatable bonds is 3. The van der Waals surface area contributed by atoms with Crippen LogP contribution in [0.15, 0.2) is 48.5 Å². The second kappa shape index (κ2) is 8.61. The molecule has 2 aromatic rings. The Morgan fingerprint density at radius 2 is 1.65 bits per heavy atom. The molecule has 0 unspecified atom stereocenters. The van der Waals surface area contributed by atoms with Crippen molar-refractivity contribution in [1.29, 1.82) is 0 Å². The number of carbonyl (C=O) groups excluding carboxylic acids is 2. The van der Waals surface area contributed by atoms with E-state index in [1.165, 1.54) is 22.3 Å². The summed E-state index contributed by atoms with van der Waals surface area (Å²) in [7, 11) is 0. The normalized spacial score (nSPS) is 18.2. The van der Waals surface area contributed by atoms with E-state index in [0.29, 0.717) is 19.7 Å². The van der Waals surface area contributed by atoms with Crippen molar-refractivity contribution >= 4 is 12.2 Å². The highest BCUT2D eigenvalue weighted by Crippen LogP contribution is 2.44. The fraction of sp³-hybridized carbons (Fsp3) is 0.440. The first-order valence-electron chi connectivity index (χ1n) is 10.9. The average Bonchev–Trinajstić information content (AvgIpc) is 3.04. The minimum absolute atomic E-state index is 0.0387. The molecule has 4 rings (SSSR count). The summed E-state index contributed by atoms with van der Waals surface area (Å²) in [5.74, 6) is 0.0387. The predicted octanol–water partition coefficient (Wildman–Crippen LogP) is 4.92. The molecule has 1 heterocycles. The van der Waals surface area contributed by atoms with Crippen molar-refractivity contribution in [2.45, 2.75) is 51.2 Å². The van der Waals surface area contributed by atoms with E-state index in [1.807, 2.05) is 45.0 Å². The molecule has 6 heteroatoms. The number of carbonyl (C=O) groups is 2. The second-order valence-corrected chi connectivity index (χ2v) is 9.24. The van der Waals surface area contributed by atoms with Gasteiger partial charge in [0.05, 0.1) is 0 Å². The Bertz CT molecular complexity index is 920. The van der Waals surface area contributed by atoms with Gasteiger partial charge in [-0.1, -0.05) is 48.5 Å². The van der Waals surface area contributed by atoms with Gasteiger partial charge in [0, 0.05) is 25.0 Å². The maximum absolute atomic E-state index is 12.8. The van der Waals surface area contributed by atoms with E-state index in [2.05, 4.69) is 29.6 Å². The van der Waals surface area contributed by atoms with Gasteiger partial charge in [0.25, 0.3) is 0 Å². The fourth-order valence-corrected chi connectivity index (χ4v) is 4.42. The Morgan fingerprint density at radius 3 is 2.26 bits per heavy atom. The topological polar surface area (TPSA) is 67.9 Å². The largest absolute Gasteiger partial charge is 0.448 e. The van der Waals surface area contributed by atoms with Gasteiger partial charge < -0.3 is 19.7 Å². The van der Waals surface area contributed by atoms with Crippen LogP contribution >= 0.6 is 0 Å². The molecule has 1 fully saturated rings. The zero-order valence-electron chi connectivity index (χ0n) is 18.4. The van der Waals surface area contributed by atoms with Crippen LogP contribution in [0.5, 0.6) is 0 Å². The molecule has 6 nitrogen and oxygen atoms in total. The maximum atomic E-state index is 12.8. The third-order valence-corrected chi connectivity index (χ3v) is 5.74. The quantitative estimate of drug-likeness (QED) is 0.762. The monoisotopic (exact) mass is 422 g/mol.